The fourth-order valence-electron chi connectivity index (χ4n) is 2.90. The Hall–Kier alpha value is -2.60. The lowest BCUT2D eigenvalue weighted by Crippen LogP contribution is -2.32. The van der Waals surface area contributed by atoms with Gasteiger partial charge in [-0.25, -0.2) is 4.79 Å². The Morgan fingerprint density at radius 2 is 1.93 bits per heavy atom. The van der Waals surface area contributed by atoms with Crippen LogP contribution < -0.4 is 15.7 Å². The molecule has 2 aromatic carbocycles. The van der Waals surface area contributed by atoms with E-state index in [1.807, 2.05) is 44.2 Å². The fraction of sp³-hybridized carbons (Fsp3) is 0.238. The van der Waals surface area contributed by atoms with E-state index in [-0.39, 0.29) is 18.6 Å². The van der Waals surface area contributed by atoms with Crippen LogP contribution in [-0.4, -0.2) is 12.5 Å². The summed E-state index contributed by atoms with van der Waals surface area (Å²) < 4.78 is 11.8. The van der Waals surface area contributed by atoms with Crippen LogP contribution in [0.3, 0.4) is 0 Å². The molecule has 1 N–H and O–H groups in total. The third kappa shape index (κ3) is 4.77. The van der Waals surface area contributed by atoms with E-state index in [0.29, 0.717) is 11.3 Å². The molecule has 1 atom stereocenters. The zero-order valence-corrected chi connectivity index (χ0v) is 16.7. The molecule has 0 aliphatic heterocycles. The molecular weight excluding hydrogens is 410 g/mol. The monoisotopic (exact) mass is 429 g/mol. The summed E-state index contributed by atoms with van der Waals surface area (Å²) in [5.41, 5.74) is 1.91. The third-order valence-corrected chi connectivity index (χ3v) is 4.84. The molecule has 140 valence electrons. The van der Waals surface area contributed by atoms with E-state index >= 15 is 0 Å². The number of hydrogen-bond donors (Lipinski definition) is 1. The van der Waals surface area contributed by atoms with E-state index in [4.69, 9.17) is 9.15 Å². The van der Waals surface area contributed by atoms with Gasteiger partial charge in [-0.2, -0.15) is 0 Å². The maximum absolute atomic E-state index is 12.3. The third-order valence-electron chi connectivity index (χ3n) is 4.31. The Morgan fingerprint density at radius 3 is 2.63 bits per heavy atom. The minimum Gasteiger partial charge on any atom is -0.484 e. The molecule has 1 aromatic heterocycles. The highest BCUT2D eigenvalue weighted by Crippen LogP contribution is 2.22. The molecule has 0 aliphatic rings. The number of nitrogens with one attached hydrogen (secondary N) is 1. The van der Waals surface area contributed by atoms with Crippen molar-refractivity contribution in [2.75, 3.05) is 6.61 Å². The van der Waals surface area contributed by atoms with E-state index in [2.05, 4.69) is 21.2 Å². The smallest absolute Gasteiger partial charge is 0.336 e. The summed E-state index contributed by atoms with van der Waals surface area (Å²) >= 11 is 3.41. The standard InChI is InChI=1S/C21H20BrNO4/c1-3-18(14-4-6-15(22)7-5-14)23-20(24)12-26-16-8-9-17-13(2)10-21(25)27-19(17)11-16/h4-11,18H,3,12H2,1-2H3,(H,23,24). The quantitative estimate of drug-likeness (QED) is 0.585. The van der Waals surface area contributed by atoms with Gasteiger partial charge in [-0.15, -0.1) is 0 Å². The van der Waals surface area contributed by atoms with E-state index < -0.39 is 5.63 Å². The molecule has 5 nitrogen and oxygen atoms in total. The number of ether oxygens (including phenoxy) is 1. The molecule has 0 fully saturated rings. The van der Waals surface area contributed by atoms with Crippen molar-refractivity contribution in [2.45, 2.75) is 26.3 Å². The fourth-order valence-corrected chi connectivity index (χ4v) is 3.16. The molecule has 1 amide bonds. The summed E-state index contributed by atoms with van der Waals surface area (Å²) in [6.45, 7) is 3.75. The maximum Gasteiger partial charge on any atom is 0.336 e. The second kappa shape index (κ2) is 8.39. The number of hydrogen-bond acceptors (Lipinski definition) is 4. The molecule has 0 spiro atoms. The van der Waals surface area contributed by atoms with Gasteiger partial charge in [0.25, 0.3) is 5.91 Å². The van der Waals surface area contributed by atoms with Crippen molar-refractivity contribution in [1.82, 2.24) is 5.32 Å². The van der Waals surface area contributed by atoms with Crippen molar-refractivity contribution in [3.63, 3.8) is 0 Å². The van der Waals surface area contributed by atoms with Crippen molar-refractivity contribution in [2.24, 2.45) is 0 Å². The van der Waals surface area contributed by atoms with Crippen molar-refractivity contribution >= 4 is 32.8 Å². The van der Waals surface area contributed by atoms with Crippen LogP contribution in [0.1, 0.15) is 30.5 Å². The van der Waals surface area contributed by atoms with E-state index in [0.717, 1.165) is 27.4 Å². The zero-order valence-electron chi connectivity index (χ0n) is 15.1. The number of rotatable bonds is 6. The molecule has 0 saturated carbocycles. The van der Waals surface area contributed by atoms with Crippen LogP contribution in [0.25, 0.3) is 11.0 Å². The summed E-state index contributed by atoms with van der Waals surface area (Å²) in [7, 11) is 0. The van der Waals surface area contributed by atoms with E-state index in [1.165, 1.54) is 6.07 Å². The van der Waals surface area contributed by atoms with Gasteiger partial charge in [0.1, 0.15) is 11.3 Å². The van der Waals surface area contributed by atoms with Crippen molar-refractivity contribution in [3.05, 3.63) is 74.6 Å². The molecule has 6 heteroatoms. The SMILES string of the molecule is CCC(NC(=O)COc1ccc2c(C)cc(=O)oc2c1)c1ccc(Br)cc1. The van der Waals surface area contributed by atoms with Gasteiger partial charge in [0.2, 0.25) is 0 Å². The first-order chi connectivity index (χ1) is 13.0. The maximum atomic E-state index is 12.3. The zero-order chi connectivity index (χ0) is 19.4. The Bertz CT molecular complexity index is 1010. The number of carbonyl (C=O) groups is 1. The Balaban J connectivity index is 1.65. The van der Waals surface area contributed by atoms with Gasteiger partial charge in [-0.1, -0.05) is 35.0 Å². The minimum absolute atomic E-state index is 0.0773. The molecular formula is C21H20BrNO4. The average molecular weight is 430 g/mol. The summed E-state index contributed by atoms with van der Waals surface area (Å²) in [6, 6.07) is 14.4. The first-order valence-electron chi connectivity index (χ1n) is 8.68. The summed E-state index contributed by atoms with van der Waals surface area (Å²) in [5.74, 6) is 0.263. The number of carbonyl (C=O) groups excluding carboxylic acids is 1. The number of amides is 1. The normalized spacial score (nSPS) is 12.0. The van der Waals surface area contributed by atoms with Crippen LogP contribution in [0.4, 0.5) is 0 Å². The summed E-state index contributed by atoms with van der Waals surface area (Å²) in [4.78, 5) is 23.8. The number of halogens is 1. The van der Waals surface area contributed by atoms with E-state index in [9.17, 15) is 9.59 Å². The van der Waals surface area contributed by atoms with Crippen molar-refractivity contribution < 1.29 is 13.9 Å². The van der Waals surface area contributed by atoms with Crippen LogP contribution in [-0.2, 0) is 4.79 Å². The van der Waals surface area contributed by atoms with Crippen LogP contribution in [0, 0.1) is 6.92 Å². The molecule has 0 bridgehead atoms. The van der Waals surface area contributed by atoms with Crippen LogP contribution in [0.2, 0.25) is 0 Å². The van der Waals surface area contributed by atoms with Gasteiger partial charge in [0.15, 0.2) is 6.61 Å². The lowest BCUT2D eigenvalue weighted by Gasteiger charge is -2.18. The number of aryl methyl sites for hydroxylation is 1. The summed E-state index contributed by atoms with van der Waals surface area (Å²) in [5, 5.41) is 3.82. The predicted molar refractivity (Wildman–Crippen MR) is 108 cm³/mol. The second-order valence-corrected chi connectivity index (χ2v) is 7.19. The Kier molecular flexibility index (Phi) is 5.96. The highest BCUT2D eigenvalue weighted by atomic mass is 79.9. The Labute approximate surface area is 165 Å². The molecule has 0 radical (unpaired) electrons. The first kappa shape index (κ1) is 19.2. The predicted octanol–water partition coefficient (Wildman–Crippen LogP) is 4.51. The highest BCUT2D eigenvalue weighted by molar-refractivity contribution is 9.10. The van der Waals surface area contributed by atoms with Gasteiger partial charge < -0.3 is 14.5 Å². The molecule has 1 unspecified atom stereocenters. The van der Waals surface area contributed by atoms with Gasteiger partial charge in [0.05, 0.1) is 6.04 Å². The Morgan fingerprint density at radius 1 is 1.19 bits per heavy atom. The molecule has 1 heterocycles. The number of benzene rings is 2. The van der Waals surface area contributed by atoms with E-state index in [1.54, 1.807) is 12.1 Å². The molecule has 0 saturated heterocycles. The second-order valence-electron chi connectivity index (χ2n) is 6.27. The van der Waals surface area contributed by atoms with Crippen LogP contribution in [0.15, 0.2) is 62.2 Å². The highest BCUT2D eigenvalue weighted by Gasteiger charge is 2.13. The molecule has 27 heavy (non-hydrogen) atoms. The van der Waals surface area contributed by atoms with Gasteiger partial charge in [0, 0.05) is 22.0 Å². The summed E-state index contributed by atoms with van der Waals surface area (Å²) in [6.07, 6.45) is 0.772. The first-order valence-corrected chi connectivity index (χ1v) is 9.47. The van der Waals surface area contributed by atoms with Crippen LogP contribution >= 0.6 is 15.9 Å². The van der Waals surface area contributed by atoms with Gasteiger partial charge >= 0.3 is 5.63 Å². The average Bonchev–Trinajstić information content (AvgIpc) is 2.64. The van der Waals surface area contributed by atoms with Crippen LogP contribution in [0.5, 0.6) is 5.75 Å². The molecule has 3 rings (SSSR count). The number of fused-ring (bicyclic) bond motifs is 1. The van der Waals surface area contributed by atoms with Gasteiger partial charge in [-0.05, 0) is 48.7 Å². The van der Waals surface area contributed by atoms with Crippen molar-refractivity contribution in [3.8, 4) is 5.75 Å². The van der Waals surface area contributed by atoms with Gasteiger partial charge in [-0.3, -0.25) is 4.79 Å². The largest absolute Gasteiger partial charge is 0.484 e. The van der Waals surface area contributed by atoms with Crippen molar-refractivity contribution in [1.29, 1.82) is 0 Å². The lowest BCUT2D eigenvalue weighted by atomic mass is 10.0. The lowest BCUT2D eigenvalue weighted by molar-refractivity contribution is -0.123. The topological polar surface area (TPSA) is 68.5 Å². The minimum atomic E-state index is -0.407. The molecule has 3 aromatic rings. The molecule has 0 aliphatic carbocycles.